The number of nitrogens with one attached hydrogen (secondary N) is 1. The van der Waals surface area contributed by atoms with Crippen LogP contribution < -0.4 is 5.32 Å². The van der Waals surface area contributed by atoms with Gasteiger partial charge in [-0.3, -0.25) is 0 Å². The van der Waals surface area contributed by atoms with E-state index < -0.39 is 0 Å². The summed E-state index contributed by atoms with van der Waals surface area (Å²) in [6.07, 6.45) is 1.13. The van der Waals surface area contributed by atoms with Gasteiger partial charge in [-0.05, 0) is 34.1 Å². The van der Waals surface area contributed by atoms with Crippen LogP contribution in [0.5, 0.6) is 0 Å². The van der Waals surface area contributed by atoms with Gasteiger partial charge in [0.2, 0.25) is 0 Å². The predicted molar refractivity (Wildman–Crippen MR) is 68.6 cm³/mol. The number of ether oxygens (including phenoxy) is 1. The van der Waals surface area contributed by atoms with Crippen molar-refractivity contribution in [3.05, 3.63) is 16.5 Å². The van der Waals surface area contributed by atoms with Gasteiger partial charge in [-0.1, -0.05) is 11.6 Å². The van der Waals surface area contributed by atoms with Gasteiger partial charge in [-0.2, -0.15) is 0 Å². The maximum atomic E-state index is 6.06. The standard InChI is InChI=1S/C12H18ClN3O/c1-7-10(13)14-9(3)15-11(7)16-12(4)5-6-17-8(12)2/h8H,5-6H2,1-4H3,(H,14,15,16). The summed E-state index contributed by atoms with van der Waals surface area (Å²) in [5.74, 6) is 1.49. The summed E-state index contributed by atoms with van der Waals surface area (Å²) in [6.45, 7) is 8.77. The lowest BCUT2D eigenvalue weighted by molar-refractivity contribution is 0.105. The van der Waals surface area contributed by atoms with E-state index in [0.29, 0.717) is 11.0 Å². The summed E-state index contributed by atoms with van der Waals surface area (Å²) < 4.78 is 5.60. The van der Waals surface area contributed by atoms with Crippen molar-refractivity contribution in [3.63, 3.8) is 0 Å². The zero-order chi connectivity index (χ0) is 12.6. The Bertz CT molecular complexity index is 438. The predicted octanol–water partition coefficient (Wildman–Crippen LogP) is 2.73. The fraction of sp³-hybridized carbons (Fsp3) is 0.667. The number of aryl methyl sites for hydroxylation is 1. The summed E-state index contributed by atoms with van der Waals surface area (Å²) in [5.41, 5.74) is 0.798. The van der Waals surface area contributed by atoms with Gasteiger partial charge in [0.1, 0.15) is 16.8 Å². The molecule has 0 amide bonds. The Morgan fingerprint density at radius 3 is 2.71 bits per heavy atom. The largest absolute Gasteiger partial charge is 0.376 e. The van der Waals surface area contributed by atoms with Crippen LogP contribution in [0, 0.1) is 13.8 Å². The first-order valence-electron chi connectivity index (χ1n) is 5.83. The Morgan fingerprint density at radius 1 is 1.41 bits per heavy atom. The Labute approximate surface area is 107 Å². The van der Waals surface area contributed by atoms with E-state index in [1.54, 1.807) is 0 Å². The Balaban J connectivity index is 2.30. The molecule has 1 saturated heterocycles. The summed E-state index contributed by atoms with van der Waals surface area (Å²) in [4.78, 5) is 8.55. The smallest absolute Gasteiger partial charge is 0.137 e. The fourth-order valence-electron chi connectivity index (χ4n) is 1.99. The van der Waals surface area contributed by atoms with Gasteiger partial charge in [-0.25, -0.2) is 9.97 Å². The van der Waals surface area contributed by atoms with Crippen molar-refractivity contribution in [1.29, 1.82) is 0 Å². The van der Waals surface area contributed by atoms with Gasteiger partial charge >= 0.3 is 0 Å². The van der Waals surface area contributed by atoms with Gasteiger partial charge in [-0.15, -0.1) is 0 Å². The van der Waals surface area contributed by atoms with Crippen LogP contribution in [-0.4, -0.2) is 28.2 Å². The highest BCUT2D eigenvalue weighted by atomic mass is 35.5. The van der Waals surface area contributed by atoms with Gasteiger partial charge in [0.05, 0.1) is 11.6 Å². The highest BCUT2D eigenvalue weighted by molar-refractivity contribution is 6.30. The van der Waals surface area contributed by atoms with Crippen LogP contribution in [0.2, 0.25) is 5.15 Å². The minimum absolute atomic E-state index is 0.0884. The molecule has 1 aliphatic heterocycles. The Hall–Kier alpha value is -0.870. The van der Waals surface area contributed by atoms with E-state index in [1.165, 1.54) is 0 Å². The van der Waals surface area contributed by atoms with Crippen molar-refractivity contribution in [1.82, 2.24) is 9.97 Å². The van der Waals surface area contributed by atoms with Crippen LogP contribution in [0.3, 0.4) is 0 Å². The van der Waals surface area contributed by atoms with Gasteiger partial charge in [0.15, 0.2) is 0 Å². The van der Waals surface area contributed by atoms with Crippen molar-refractivity contribution in [2.45, 2.75) is 45.8 Å². The number of anilines is 1. The molecule has 2 unspecified atom stereocenters. The highest BCUT2D eigenvalue weighted by Gasteiger charge is 2.37. The normalized spacial score (nSPS) is 28.4. The number of nitrogens with zero attached hydrogens (tertiary/aromatic N) is 2. The maximum absolute atomic E-state index is 6.06. The van der Waals surface area contributed by atoms with E-state index in [0.717, 1.165) is 24.4 Å². The van der Waals surface area contributed by atoms with Crippen LogP contribution in [0.15, 0.2) is 0 Å². The second-order valence-electron chi connectivity index (χ2n) is 4.84. The second-order valence-corrected chi connectivity index (χ2v) is 5.20. The molecule has 4 nitrogen and oxygen atoms in total. The molecular weight excluding hydrogens is 238 g/mol. The average Bonchev–Trinajstić information content (AvgIpc) is 2.55. The maximum Gasteiger partial charge on any atom is 0.137 e. The molecule has 0 radical (unpaired) electrons. The fourth-order valence-corrected chi connectivity index (χ4v) is 2.20. The highest BCUT2D eigenvalue weighted by Crippen LogP contribution is 2.31. The quantitative estimate of drug-likeness (QED) is 0.826. The molecule has 2 heterocycles. The monoisotopic (exact) mass is 255 g/mol. The molecule has 0 aliphatic carbocycles. The SMILES string of the molecule is Cc1nc(Cl)c(C)c(NC2(C)CCOC2C)n1. The van der Waals surface area contributed by atoms with E-state index in [9.17, 15) is 0 Å². The summed E-state index contributed by atoms with van der Waals surface area (Å²) in [6, 6.07) is 0. The van der Waals surface area contributed by atoms with Gasteiger partial charge in [0.25, 0.3) is 0 Å². The second kappa shape index (κ2) is 4.42. The molecule has 1 aliphatic rings. The Kier molecular flexibility index (Phi) is 3.27. The molecular formula is C12H18ClN3O. The Morgan fingerprint density at radius 2 is 2.12 bits per heavy atom. The van der Waals surface area contributed by atoms with Crippen LogP contribution in [0.1, 0.15) is 31.7 Å². The molecule has 0 aromatic carbocycles. The minimum Gasteiger partial charge on any atom is -0.376 e. The van der Waals surface area contributed by atoms with E-state index in [-0.39, 0.29) is 11.6 Å². The van der Waals surface area contributed by atoms with Crippen LogP contribution in [-0.2, 0) is 4.74 Å². The lowest BCUT2D eigenvalue weighted by Crippen LogP contribution is -2.41. The van der Waals surface area contributed by atoms with Crippen molar-refractivity contribution in [2.75, 3.05) is 11.9 Å². The molecule has 1 aromatic heterocycles. The molecule has 94 valence electrons. The third kappa shape index (κ3) is 2.38. The van der Waals surface area contributed by atoms with Crippen LogP contribution >= 0.6 is 11.6 Å². The molecule has 2 rings (SSSR count). The van der Waals surface area contributed by atoms with Crippen molar-refractivity contribution >= 4 is 17.4 Å². The number of hydrogen-bond acceptors (Lipinski definition) is 4. The lowest BCUT2D eigenvalue weighted by atomic mass is 9.94. The third-order valence-electron chi connectivity index (χ3n) is 3.49. The van der Waals surface area contributed by atoms with E-state index in [2.05, 4.69) is 29.1 Å². The van der Waals surface area contributed by atoms with Crippen molar-refractivity contribution in [3.8, 4) is 0 Å². The average molecular weight is 256 g/mol. The first-order chi connectivity index (χ1) is 7.92. The number of aromatic nitrogens is 2. The summed E-state index contributed by atoms with van der Waals surface area (Å²) >= 11 is 6.06. The zero-order valence-electron chi connectivity index (χ0n) is 10.7. The molecule has 2 atom stereocenters. The summed E-state index contributed by atoms with van der Waals surface area (Å²) in [7, 11) is 0. The van der Waals surface area contributed by atoms with Gasteiger partial charge in [0, 0.05) is 12.2 Å². The van der Waals surface area contributed by atoms with E-state index in [1.807, 2.05) is 13.8 Å². The molecule has 0 saturated carbocycles. The molecule has 0 bridgehead atoms. The molecule has 17 heavy (non-hydrogen) atoms. The number of halogens is 1. The van der Waals surface area contributed by atoms with Crippen molar-refractivity contribution in [2.24, 2.45) is 0 Å². The summed E-state index contributed by atoms with van der Waals surface area (Å²) in [5, 5.41) is 3.97. The molecule has 1 aromatic rings. The lowest BCUT2D eigenvalue weighted by Gasteiger charge is -2.30. The first-order valence-corrected chi connectivity index (χ1v) is 6.21. The minimum atomic E-state index is -0.0884. The van der Waals surface area contributed by atoms with E-state index >= 15 is 0 Å². The topological polar surface area (TPSA) is 47.0 Å². The van der Waals surface area contributed by atoms with Crippen LogP contribution in [0.25, 0.3) is 0 Å². The third-order valence-corrected chi connectivity index (χ3v) is 3.86. The van der Waals surface area contributed by atoms with Crippen LogP contribution in [0.4, 0.5) is 5.82 Å². The van der Waals surface area contributed by atoms with Gasteiger partial charge < -0.3 is 10.1 Å². The van der Waals surface area contributed by atoms with E-state index in [4.69, 9.17) is 16.3 Å². The van der Waals surface area contributed by atoms with Crippen molar-refractivity contribution < 1.29 is 4.74 Å². The molecule has 5 heteroatoms. The molecule has 1 fully saturated rings. The number of hydrogen-bond donors (Lipinski definition) is 1. The molecule has 1 N–H and O–H groups in total. The first kappa shape index (κ1) is 12.6. The number of rotatable bonds is 2. The zero-order valence-corrected chi connectivity index (χ0v) is 11.4. The molecule has 0 spiro atoms.